The summed E-state index contributed by atoms with van der Waals surface area (Å²) in [5.74, 6) is -0.924. The van der Waals surface area contributed by atoms with E-state index in [2.05, 4.69) is 26.2 Å². The first-order chi connectivity index (χ1) is 14.0. The van der Waals surface area contributed by atoms with Crippen molar-refractivity contribution in [1.29, 1.82) is 0 Å². The van der Waals surface area contributed by atoms with Crippen LogP contribution in [0.1, 0.15) is 28.5 Å². The van der Waals surface area contributed by atoms with Gasteiger partial charge in [0.2, 0.25) is 0 Å². The first kappa shape index (κ1) is 20.9. The van der Waals surface area contributed by atoms with Crippen molar-refractivity contribution >= 4 is 44.3 Å². The lowest BCUT2D eigenvalue weighted by Crippen LogP contribution is -2.29. The number of pyridine rings is 1. The number of hydrogen-bond acceptors (Lipinski definition) is 6. The van der Waals surface area contributed by atoms with Gasteiger partial charge in [-0.15, -0.1) is 11.3 Å². The zero-order valence-corrected chi connectivity index (χ0v) is 18.0. The molecule has 1 amide bonds. The van der Waals surface area contributed by atoms with Gasteiger partial charge in [-0.25, -0.2) is 4.98 Å². The first-order valence-corrected chi connectivity index (χ1v) is 10.5. The van der Waals surface area contributed by atoms with Crippen LogP contribution in [0.15, 0.2) is 57.2 Å². The summed E-state index contributed by atoms with van der Waals surface area (Å²) in [5.41, 5.74) is 1.07. The number of thiazole rings is 1. The van der Waals surface area contributed by atoms with E-state index in [1.165, 1.54) is 22.0 Å². The van der Waals surface area contributed by atoms with E-state index in [4.69, 9.17) is 4.74 Å². The Morgan fingerprint density at radius 2 is 2.00 bits per heavy atom. The molecule has 0 aliphatic carbocycles. The minimum absolute atomic E-state index is 0.0201. The number of nitrogens with zero attached hydrogens (tertiary/aromatic N) is 2. The number of ether oxygens (including phenoxy) is 1. The van der Waals surface area contributed by atoms with Crippen molar-refractivity contribution in [2.75, 3.05) is 11.9 Å². The van der Waals surface area contributed by atoms with Gasteiger partial charge in [0.25, 0.3) is 11.5 Å². The number of rotatable bonds is 7. The molecule has 9 heteroatoms. The van der Waals surface area contributed by atoms with E-state index in [1.54, 1.807) is 24.6 Å². The van der Waals surface area contributed by atoms with Crippen molar-refractivity contribution in [1.82, 2.24) is 9.55 Å². The van der Waals surface area contributed by atoms with Crippen molar-refractivity contribution in [2.24, 2.45) is 0 Å². The lowest BCUT2D eigenvalue weighted by Gasteiger charge is -2.08. The molecule has 0 aliphatic rings. The van der Waals surface area contributed by atoms with Crippen molar-refractivity contribution in [3.05, 3.63) is 79.6 Å². The van der Waals surface area contributed by atoms with Gasteiger partial charge in [0.15, 0.2) is 5.13 Å². The molecular formula is C20H18BrN3O4S. The third kappa shape index (κ3) is 5.61. The number of carbonyl (C=O) groups is 2. The Hall–Kier alpha value is -2.78. The zero-order valence-electron chi connectivity index (χ0n) is 15.6. The quantitative estimate of drug-likeness (QED) is 0.528. The fourth-order valence-electron chi connectivity index (χ4n) is 2.59. The maximum atomic E-state index is 12.7. The predicted molar refractivity (Wildman–Crippen MR) is 114 cm³/mol. The monoisotopic (exact) mass is 475 g/mol. The Morgan fingerprint density at radius 1 is 1.24 bits per heavy atom. The largest absolute Gasteiger partial charge is 0.466 e. The van der Waals surface area contributed by atoms with E-state index in [0.29, 0.717) is 24.0 Å². The molecule has 2 heterocycles. The van der Waals surface area contributed by atoms with E-state index in [9.17, 15) is 14.4 Å². The van der Waals surface area contributed by atoms with E-state index in [0.717, 1.165) is 10.0 Å². The Balaban J connectivity index is 1.71. The summed E-state index contributed by atoms with van der Waals surface area (Å²) in [6, 6.07) is 10.7. The molecular weight excluding hydrogens is 458 g/mol. The van der Waals surface area contributed by atoms with Crippen molar-refractivity contribution in [2.45, 2.75) is 19.9 Å². The lowest BCUT2D eigenvalue weighted by molar-refractivity contribution is -0.142. The molecule has 0 fully saturated rings. The number of nitrogens with one attached hydrogen (secondary N) is 1. The summed E-state index contributed by atoms with van der Waals surface area (Å²) in [6.07, 6.45) is 1.67. The highest BCUT2D eigenvalue weighted by Crippen LogP contribution is 2.17. The average molecular weight is 476 g/mol. The Morgan fingerprint density at radius 3 is 2.72 bits per heavy atom. The van der Waals surface area contributed by atoms with Crippen LogP contribution in [0.4, 0.5) is 5.13 Å². The van der Waals surface area contributed by atoms with Crippen LogP contribution in [0, 0.1) is 0 Å². The molecule has 0 bridgehead atoms. The number of hydrogen-bond donors (Lipinski definition) is 1. The van der Waals surface area contributed by atoms with Gasteiger partial charge in [-0.05, 0) is 36.8 Å². The van der Waals surface area contributed by atoms with Crippen LogP contribution in [0.25, 0.3) is 0 Å². The summed E-state index contributed by atoms with van der Waals surface area (Å²) in [5, 5.41) is 4.61. The SMILES string of the molecule is CCOC(=O)Cc1csc(NC(=O)c2cccn(Cc3ccc(Br)cc3)c2=O)n1. The third-order valence-corrected chi connectivity index (χ3v) is 5.27. The normalized spacial score (nSPS) is 10.6. The Labute approximate surface area is 179 Å². The molecule has 0 aliphatic heterocycles. The smallest absolute Gasteiger partial charge is 0.311 e. The molecule has 0 saturated heterocycles. The van der Waals surface area contributed by atoms with Crippen LogP contribution < -0.4 is 10.9 Å². The minimum atomic E-state index is -0.544. The second-order valence-electron chi connectivity index (χ2n) is 6.06. The highest BCUT2D eigenvalue weighted by molar-refractivity contribution is 9.10. The first-order valence-electron chi connectivity index (χ1n) is 8.81. The molecule has 0 atom stereocenters. The van der Waals surface area contributed by atoms with Crippen LogP contribution in [0.5, 0.6) is 0 Å². The van der Waals surface area contributed by atoms with Gasteiger partial charge in [-0.3, -0.25) is 19.7 Å². The number of anilines is 1. The van der Waals surface area contributed by atoms with E-state index >= 15 is 0 Å². The zero-order chi connectivity index (χ0) is 20.8. The fraction of sp³-hybridized carbons (Fsp3) is 0.200. The number of halogens is 1. The van der Waals surface area contributed by atoms with E-state index in [1.807, 2.05) is 24.3 Å². The number of aromatic nitrogens is 2. The average Bonchev–Trinajstić information content (AvgIpc) is 3.12. The standard InChI is InChI=1S/C20H18BrN3O4S/c1-2-28-17(25)10-15-12-29-20(22-15)23-18(26)16-4-3-9-24(19(16)27)11-13-5-7-14(21)8-6-13/h3-9,12H,2,10-11H2,1H3,(H,22,23,26). The number of carbonyl (C=O) groups excluding carboxylic acids is 2. The van der Waals surface area contributed by atoms with Crippen molar-refractivity contribution in [3.8, 4) is 0 Å². The van der Waals surface area contributed by atoms with Crippen LogP contribution in [0.3, 0.4) is 0 Å². The molecule has 0 unspecified atom stereocenters. The topological polar surface area (TPSA) is 90.3 Å². The van der Waals surface area contributed by atoms with Gasteiger partial charge < -0.3 is 9.30 Å². The highest BCUT2D eigenvalue weighted by Gasteiger charge is 2.15. The molecule has 7 nitrogen and oxygen atoms in total. The van der Waals surface area contributed by atoms with Crippen molar-refractivity contribution < 1.29 is 14.3 Å². The number of benzene rings is 1. The maximum Gasteiger partial charge on any atom is 0.311 e. The molecule has 29 heavy (non-hydrogen) atoms. The van der Waals surface area contributed by atoms with Gasteiger partial charge in [0, 0.05) is 16.0 Å². The predicted octanol–water partition coefficient (Wildman–Crippen LogP) is 3.47. The van der Waals surface area contributed by atoms with E-state index in [-0.39, 0.29) is 18.0 Å². The van der Waals surface area contributed by atoms with Crippen LogP contribution >= 0.6 is 27.3 Å². The van der Waals surface area contributed by atoms with Gasteiger partial charge in [-0.1, -0.05) is 28.1 Å². The fourth-order valence-corrected chi connectivity index (χ4v) is 3.56. The summed E-state index contributed by atoms with van der Waals surface area (Å²) in [4.78, 5) is 41.0. The van der Waals surface area contributed by atoms with Crippen LogP contribution in [-0.4, -0.2) is 28.0 Å². The summed E-state index contributed by atoms with van der Waals surface area (Å²) >= 11 is 4.56. The van der Waals surface area contributed by atoms with Gasteiger partial charge >= 0.3 is 5.97 Å². The number of esters is 1. The maximum absolute atomic E-state index is 12.7. The molecule has 3 rings (SSSR count). The summed E-state index contributed by atoms with van der Waals surface area (Å²) < 4.78 is 7.31. The van der Waals surface area contributed by atoms with Gasteiger partial charge in [0.1, 0.15) is 5.56 Å². The third-order valence-electron chi connectivity index (χ3n) is 3.93. The Kier molecular flexibility index (Phi) is 6.95. The van der Waals surface area contributed by atoms with Crippen LogP contribution in [-0.2, 0) is 22.5 Å². The lowest BCUT2D eigenvalue weighted by atomic mass is 10.2. The molecule has 2 aromatic heterocycles. The molecule has 0 radical (unpaired) electrons. The molecule has 3 aromatic rings. The second-order valence-corrected chi connectivity index (χ2v) is 7.84. The van der Waals surface area contributed by atoms with Gasteiger partial charge in [0.05, 0.1) is 25.3 Å². The molecule has 150 valence electrons. The second kappa shape index (κ2) is 9.62. The van der Waals surface area contributed by atoms with Crippen LogP contribution in [0.2, 0.25) is 0 Å². The molecule has 0 saturated carbocycles. The Bertz CT molecular complexity index is 1080. The molecule has 1 aromatic carbocycles. The molecule has 0 spiro atoms. The summed E-state index contributed by atoms with van der Waals surface area (Å²) in [7, 11) is 0. The minimum Gasteiger partial charge on any atom is -0.466 e. The number of amides is 1. The summed E-state index contributed by atoms with van der Waals surface area (Å²) in [6.45, 7) is 2.38. The van der Waals surface area contributed by atoms with Crippen molar-refractivity contribution in [3.63, 3.8) is 0 Å². The van der Waals surface area contributed by atoms with E-state index < -0.39 is 11.5 Å². The van der Waals surface area contributed by atoms with Gasteiger partial charge in [-0.2, -0.15) is 0 Å². The highest BCUT2D eigenvalue weighted by atomic mass is 79.9. The molecule has 1 N–H and O–H groups in total.